The molecule has 4 nitrogen and oxygen atoms in total. The van der Waals surface area contributed by atoms with Crippen molar-refractivity contribution in [2.24, 2.45) is 4.99 Å². The number of hydrogen-bond donors (Lipinski definition) is 2. The third-order valence-electron chi connectivity index (χ3n) is 3.39. The van der Waals surface area contributed by atoms with Gasteiger partial charge in [-0.25, -0.2) is 0 Å². The second-order valence-corrected chi connectivity index (χ2v) is 5.92. The van der Waals surface area contributed by atoms with Gasteiger partial charge in [-0.15, -0.1) is 0 Å². The van der Waals surface area contributed by atoms with E-state index in [1.807, 2.05) is 0 Å². The maximum absolute atomic E-state index is 12.0. The van der Waals surface area contributed by atoms with Gasteiger partial charge in [-0.05, 0) is 40.5 Å². The van der Waals surface area contributed by atoms with Crippen LogP contribution in [-0.2, 0) is 0 Å². The molecule has 0 bridgehead atoms. The number of halogens is 3. The van der Waals surface area contributed by atoms with Crippen molar-refractivity contribution in [3.05, 3.63) is 0 Å². The lowest BCUT2D eigenvalue weighted by atomic mass is 10.2. The zero-order valence-electron chi connectivity index (χ0n) is 14.4. The van der Waals surface area contributed by atoms with Gasteiger partial charge in [0.25, 0.3) is 0 Å². The highest BCUT2D eigenvalue weighted by atomic mass is 19.4. The van der Waals surface area contributed by atoms with E-state index >= 15 is 0 Å². The third kappa shape index (κ3) is 10.7. The van der Waals surface area contributed by atoms with Gasteiger partial charge in [-0.3, -0.25) is 9.89 Å². The van der Waals surface area contributed by atoms with Crippen LogP contribution in [0.1, 0.15) is 47.0 Å². The Hall–Kier alpha value is -0.980. The molecule has 2 N–H and O–H groups in total. The number of alkyl halides is 3. The van der Waals surface area contributed by atoms with Crippen LogP contribution in [0, 0.1) is 0 Å². The number of hydrogen-bond acceptors (Lipinski definition) is 2. The Labute approximate surface area is 132 Å². The summed E-state index contributed by atoms with van der Waals surface area (Å²) in [6.07, 6.45) is -4.16. The maximum atomic E-state index is 12.0. The zero-order valence-corrected chi connectivity index (χ0v) is 14.4. The van der Waals surface area contributed by atoms with Gasteiger partial charge >= 0.3 is 6.18 Å². The van der Waals surface area contributed by atoms with Crippen LogP contribution in [0.15, 0.2) is 4.99 Å². The van der Waals surface area contributed by atoms with Crippen LogP contribution in [0.3, 0.4) is 0 Å². The molecule has 132 valence electrons. The molecule has 0 unspecified atom stereocenters. The first kappa shape index (κ1) is 21.0. The molecule has 0 heterocycles. The van der Waals surface area contributed by atoms with Crippen molar-refractivity contribution in [2.45, 2.75) is 65.2 Å². The third-order valence-corrected chi connectivity index (χ3v) is 3.39. The highest BCUT2D eigenvalue weighted by Gasteiger charge is 2.25. The predicted molar refractivity (Wildman–Crippen MR) is 86.2 cm³/mol. The minimum Gasteiger partial charge on any atom is -0.356 e. The highest BCUT2D eigenvalue weighted by Crippen LogP contribution is 2.21. The molecule has 0 saturated heterocycles. The summed E-state index contributed by atoms with van der Waals surface area (Å²) in [5, 5.41) is 6.23. The van der Waals surface area contributed by atoms with E-state index in [4.69, 9.17) is 0 Å². The molecule has 0 aliphatic rings. The average Bonchev–Trinajstić information content (AvgIpc) is 2.38. The van der Waals surface area contributed by atoms with Crippen LogP contribution in [0.25, 0.3) is 0 Å². The lowest BCUT2D eigenvalue weighted by molar-refractivity contribution is -0.135. The van der Waals surface area contributed by atoms with Crippen LogP contribution < -0.4 is 10.6 Å². The topological polar surface area (TPSA) is 39.7 Å². The van der Waals surface area contributed by atoms with Crippen molar-refractivity contribution in [3.63, 3.8) is 0 Å². The fourth-order valence-electron chi connectivity index (χ4n) is 2.29. The molecule has 0 aromatic carbocycles. The molecule has 0 amide bonds. The van der Waals surface area contributed by atoms with E-state index in [1.54, 1.807) is 7.05 Å². The molecule has 0 fully saturated rings. The van der Waals surface area contributed by atoms with E-state index in [2.05, 4.69) is 48.2 Å². The number of unbranched alkanes of at least 4 members (excludes halogenated alkanes) is 1. The molecule has 22 heavy (non-hydrogen) atoms. The van der Waals surface area contributed by atoms with E-state index in [-0.39, 0.29) is 6.42 Å². The van der Waals surface area contributed by atoms with E-state index in [9.17, 15) is 13.2 Å². The number of aliphatic imine (C=N–C) groups is 1. The Bertz CT molecular complexity index is 306. The molecule has 0 radical (unpaired) electrons. The Balaban J connectivity index is 3.89. The SMILES string of the molecule is CN=C(NCCCCC(F)(F)F)NCCN(C(C)C)C(C)C. The van der Waals surface area contributed by atoms with Crippen molar-refractivity contribution >= 4 is 5.96 Å². The maximum Gasteiger partial charge on any atom is 0.389 e. The molecule has 0 aromatic rings. The van der Waals surface area contributed by atoms with Crippen molar-refractivity contribution in [2.75, 3.05) is 26.7 Å². The number of nitrogens with zero attached hydrogens (tertiary/aromatic N) is 2. The molecule has 0 saturated carbocycles. The number of guanidine groups is 1. The summed E-state index contributed by atoms with van der Waals surface area (Å²) in [7, 11) is 1.66. The van der Waals surface area contributed by atoms with Gasteiger partial charge in [-0.2, -0.15) is 13.2 Å². The molecule has 0 rings (SSSR count). The van der Waals surface area contributed by atoms with E-state index in [0.717, 1.165) is 13.1 Å². The average molecular weight is 324 g/mol. The van der Waals surface area contributed by atoms with Gasteiger partial charge in [0.15, 0.2) is 5.96 Å². The normalized spacial score (nSPS) is 13.3. The molecule has 7 heteroatoms. The van der Waals surface area contributed by atoms with Crippen LogP contribution in [0.4, 0.5) is 13.2 Å². The van der Waals surface area contributed by atoms with Gasteiger partial charge in [0.05, 0.1) is 0 Å². The standard InChI is InChI=1S/C15H31F3N4/c1-12(2)22(13(3)4)11-10-21-14(19-5)20-9-7-6-8-15(16,17)18/h12-13H,6-11H2,1-5H3,(H2,19,20,21). The molecule has 0 aliphatic carbocycles. The van der Waals surface area contributed by atoms with E-state index < -0.39 is 12.6 Å². The first-order valence-corrected chi connectivity index (χ1v) is 7.94. The van der Waals surface area contributed by atoms with Crippen LogP contribution >= 0.6 is 0 Å². The van der Waals surface area contributed by atoms with Crippen molar-refractivity contribution in [1.82, 2.24) is 15.5 Å². The second kappa shape index (κ2) is 10.7. The van der Waals surface area contributed by atoms with Gasteiger partial charge in [0.1, 0.15) is 0 Å². The molecule has 0 aromatic heterocycles. The summed E-state index contributed by atoms with van der Waals surface area (Å²) >= 11 is 0. The molecule has 0 atom stereocenters. The first-order valence-electron chi connectivity index (χ1n) is 7.94. The number of nitrogens with one attached hydrogen (secondary N) is 2. The first-order chi connectivity index (χ1) is 10.2. The Morgan fingerprint density at radius 3 is 2.00 bits per heavy atom. The summed E-state index contributed by atoms with van der Waals surface area (Å²) in [6.45, 7) is 10.8. The quantitative estimate of drug-likeness (QED) is 0.389. The van der Waals surface area contributed by atoms with Crippen LogP contribution in [0.2, 0.25) is 0 Å². The monoisotopic (exact) mass is 324 g/mol. The fourth-order valence-corrected chi connectivity index (χ4v) is 2.29. The zero-order chi connectivity index (χ0) is 17.2. The predicted octanol–water partition coefficient (Wildman–Crippen LogP) is 3.00. The molecule has 0 spiro atoms. The van der Waals surface area contributed by atoms with Gasteiger partial charge in [0.2, 0.25) is 0 Å². The fraction of sp³-hybridized carbons (Fsp3) is 0.933. The Kier molecular flexibility index (Phi) is 10.2. The van der Waals surface area contributed by atoms with Crippen molar-refractivity contribution in [3.8, 4) is 0 Å². The lowest BCUT2D eigenvalue weighted by Crippen LogP contribution is -2.45. The second-order valence-electron chi connectivity index (χ2n) is 5.92. The van der Waals surface area contributed by atoms with Crippen molar-refractivity contribution in [1.29, 1.82) is 0 Å². The molecular weight excluding hydrogens is 293 g/mol. The Morgan fingerprint density at radius 2 is 1.55 bits per heavy atom. The summed E-state index contributed by atoms with van der Waals surface area (Å²) < 4.78 is 36.1. The summed E-state index contributed by atoms with van der Waals surface area (Å²) in [6, 6.07) is 0.943. The molecule has 0 aliphatic heterocycles. The minimum atomic E-state index is -4.06. The van der Waals surface area contributed by atoms with Crippen molar-refractivity contribution < 1.29 is 13.2 Å². The highest BCUT2D eigenvalue weighted by molar-refractivity contribution is 5.79. The molecular formula is C15H31F3N4. The van der Waals surface area contributed by atoms with E-state index in [0.29, 0.717) is 31.0 Å². The van der Waals surface area contributed by atoms with Crippen LogP contribution in [0.5, 0.6) is 0 Å². The smallest absolute Gasteiger partial charge is 0.356 e. The summed E-state index contributed by atoms with van der Waals surface area (Å²) in [5.41, 5.74) is 0. The number of rotatable bonds is 9. The van der Waals surface area contributed by atoms with Gasteiger partial charge in [0, 0.05) is 45.2 Å². The lowest BCUT2D eigenvalue weighted by Gasteiger charge is -2.30. The van der Waals surface area contributed by atoms with Gasteiger partial charge in [-0.1, -0.05) is 0 Å². The Morgan fingerprint density at radius 1 is 1.00 bits per heavy atom. The van der Waals surface area contributed by atoms with Crippen LogP contribution in [-0.4, -0.2) is 55.8 Å². The summed E-state index contributed by atoms with van der Waals surface area (Å²) in [5.74, 6) is 0.638. The summed E-state index contributed by atoms with van der Waals surface area (Å²) in [4.78, 5) is 6.44. The largest absolute Gasteiger partial charge is 0.389 e. The van der Waals surface area contributed by atoms with E-state index in [1.165, 1.54) is 0 Å². The minimum absolute atomic E-state index is 0.141. The van der Waals surface area contributed by atoms with Gasteiger partial charge < -0.3 is 10.6 Å².